The summed E-state index contributed by atoms with van der Waals surface area (Å²) in [4.78, 5) is 0. The molecule has 0 N–H and O–H groups in total. The second-order valence-electron chi connectivity index (χ2n) is 9.23. The van der Waals surface area contributed by atoms with Gasteiger partial charge in [-0.15, -0.1) is 0 Å². The standard InChI is InChI=1S/C32H22F8O/c1-2-3-4-5-19-6-9-21(26(33)14-19)10-7-20-8-12-24(27(34)15-20)22-11-13-25(28(35)16-22)32(39,40)41-23-17-29(36)31(38)30(37)18-23/h6,8-9,11-18H,2-5H2,1H3. The summed E-state index contributed by atoms with van der Waals surface area (Å²) in [5.74, 6) is -3.98. The van der Waals surface area contributed by atoms with Crippen LogP contribution in [0.25, 0.3) is 11.1 Å². The van der Waals surface area contributed by atoms with Crippen LogP contribution in [0.2, 0.25) is 0 Å². The van der Waals surface area contributed by atoms with E-state index in [9.17, 15) is 35.1 Å². The van der Waals surface area contributed by atoms with Gasteiger partial charge in [0.2, 0.25) is 0 Å². The first-order chi connectivity index (χ1) is 19.5. The number of unbranched alkanes of at least 4 members (excludes halogenated alkanes) is 2. The van der Waals surface area contributed by atoms with Crippen molar-refractivity contribution in [3.8, 4) is 28.7 Å². The Morgan fingerprint density at radius 2 is 1.41 bits per heavy atom. The molecule has 0 aliphatic heterocycles. The van der Waals surface area contributed by atoms with E-state index in [-0.39, 0.29) is 34.4 Å². The van der Waals surface area contributed by atoms with Gasteiger partial charge in [0.25, 0.3) is 0 Å². The maximum Gasteiger partial charge on any atom is 0.429 e. The zero-order valence-electron chi connectivity index (χ0n) is 21.6. The fraction of sp³-hybridized carbons (Fsp3) is 0.188. The molecule has 0 bridgehead atoms. The van der Waals surface area contributed by atoms with Gasteiger partial charge in [-0.05, 0) is 60.4 Å². The molecule has 0 aliphatic carbocycles. The Morgan fingerprint density at radius 3 is 2.05 bits per heavy atom. The van der Waals surface area contributed by atoms with E-state index >= 15 is 0 Å². The molecule has 212 valence electrons. The SMILES string of the molecule is CCCCCc1ccc(C#Cc2ccc(-c3ccc(C(F)(F)Oc4cc(F)c(F)c(F)c4)c(F)c3)c(F)c2)c(F)c1. The van der Waals surface area contributed by atoms with Crippen molar-refractivity contribution < 1.29 is 39.9 Å². The zero-order valence-corrected chi connectivity index (χ0v) is 21.6. The van der Waals surface area contributed by atoms with E-state index in [1.807, 2.05) is 0 Å². The van der Waals surface area contributed by atoms with E-state index < -0.39 is 52.3 Å². The first-order valence-electron chi connectivity index (χ1n) is 12.6. The molecule has 0 amide bonds. The van der Waals surface area contributed by atoms with Crippen LogP contribution in [0.3, 0.4) is 0 Å². The fourth-order valence-electron chi connectivity index (χ4n) is 4.07. The van der Waals surface area contributed by atoms with Crippen molar-refractivity contribution in [1.29, 1.82) is 0 Å². The van der Waals surface area contributed by atoms with E-state index in [0.29, 0.717) is 12.1 Å². The highest BCUT2D eigenvalue weighted by Gasteiger charge is 2.38. The molecule has 0 aromatic heterocycles. The molecule has 0 aliphatic rings. The summed E-state index contributed by atoms with van der Waals surface area (Å²) in [6.45, 7) is 2.08. The fourth-order valence-corrected chi connectivity index (χ4v) is 4.07. The van der Waals surface area contributed by atoms with Crippen LogP contribution in [0.4, 0.5) is 35.1 Å². The summed E-state index contributed by atoms with van der Waals surface area (Å²) in [5, 5.41) is 0. The second kappa shape index (κ2) is 12.5. The Bertz CT molecular complexity index is 1610. The Morgan fingerprint density at radius 1 is 0.683 bits per heavy atom. The Kier molecular flexibility index (Phi) is 9.01. The average Bonchev–Trinajstić information content (AvgIpc) is 2.91. The summed E-state index contributed by atoms with van der Waals surface area (Å²) >= 11 is 0. The quantitative estimate of drug-likeness (QED) is 0.0882. The summed E-state index contributed by atoms with van der Waals surface area (Å²) in [7, 11) is 0. The first kappa shape index (κ1) is 29.7. The molecule has 1 nitrogen and oxygen atoms in total. The van der Waals surface area contributed by atoms with Crippen molar-refractivity contribution in [3.63, 3.8) is 0 Å². The van der Waals surface area contributed by atoms with Gasteiger partial charge in [-0.2, -0.15) is 8.78 Å². The van der Waals surface area contributed by atoms with Gasteiger partial charge in [-0.25, -0.2) is 26.3 Å². The lowest BCUT2D eigenvalue weighted by Crippen LogP contribution is -2.23. The van der Waals surface area contributed by atoms with Crippen LogP contribution in [0.1, 0.15) is 48.4 Å². The largest absolute Gasteiger partial charge is 0.429 e. The van der Waals surface area contributed by atoms with Crippen LogP contribution >= 0.6 is 0 Å². The van der Waals surface area contributed by atoms with E-state index in [1.165, 1.54) is 18.2 Å². The van der Waals surface area contributed by atoms with Crippen LogP contribution in [0.15, 0.2) is 66.7 Å². The summed E-state index contributed by atoms with van der Waals surface area (Å²) in [5.41, 5.74) is -0.322. The highest BCUT2D eigenvalue weighted by atomic mass is 19.3. The molecule has 9 heteroatoms. The normalized spacial score (nSPS) is 11.2. The molecule has 0 saturated heterocycles. The maximum absolute atomic E-state index is 14.9. The highest BCUT2D eigenvalue weighted by molar-refractivity contribution is 5.66. The third-order valence-corrected chi connectivity index (χ3v) is 6.21. The average molecular weight is 575 g/mol. The van der Waals surface area contributed by atoms with E-state index in [2.05, 4.69) is 23.5 Å². The summed E-state index contributed by atoms with van der Waals surface area (Å²) in [6.07, 6.45) is -0.595. The van der Waals surface area contributed by atoms with E-state index in [0.717, 1.165) is 43.4 Å². The minimum absolute atomic E-state index is 0.0948. The topological polar surface area (TPSA) is 9.23 Å². The Hall–Kier alpha value is -4.32. The lowest BCUT2D eigenvalue weighted by atomic mass is 10.0. The van der Waals surface area contributed by atoms with Crippen molar-refractivity contribution in [2.24, 2.45) is 0 Å². The monoisotopic (exact) mass is 574 g/mol. The minimum Gasteiger partial charge on any atom is -0.429 e. The van der Waals surface area contributed by atoms with Crippen LogP contribution in [0.5, 0.6) is 5.75 Å². The van der Waals surface area contributed by atoms with Gasteiger partial charge in [0.15, 0.2) is 17.5 Å². The molecule has 0 spiro atoms. The van der Waals surface area contributed by atoms with Crippen molar-refractivity contribution in [2.75, 3.05) is 0 Å². The van der Waals surface area contributed by atoms with Crippen molar-refractivity contribution >= 4 is 0 Å². The molecule has 0 heterocycles. The molecule has 4 rings (SSSR count). The summed E-state index contributed by atoms with van der Waals surface area (Å²) < 4.78 is 117. The van der Waals surface area contributed by atoms with Gasteiger partial charge in [-0.3, -0.25) is 0 Å². The number of halogens is 8. The first-order valence-corrected chi connectivity index (χ1v) is 12.6. The highest BCUT2D eigenvalue weighted by Crippen LogP contribution is 2.36. The van der Waals surface area contributed by atoms with Crippen LogP contribution in [-0.2, 0) is 12.5 Å². The van der Waals surface area contributed by atoms with Crippen molar-refractivity contribution in [3.05, 3.63) is 124 Å². The van der Waals surface area contributed by atoms with Crippen LogP contribution < -0.4 is 4.74 Å². The lowest BCUT2D eigenvalue weighted by Gasteiger charge is -2.19. The van der Waals surface area contributed by atoms with Gasteiger partial charge in [0, 0.05) is 23.3 Å². The molecule has 0 fully saturated rings. The number of rotatable bonds is 8. The predicted octanol–water partition coefficient (Wildman–Crippen LogP) is 9.45. The second-order valence-corrected chi connectivity index (χ2v) is 9.23. The molecule has 0 saturated carbocycles. The van der Waals surface area contributed by atoms with Gasteiger partial charge in [0.05, 0.1) is 11.1 Å². The van der Waals surface area contributed by atoms with Gasteiger partial charge < -0.3 is 4.74 Å². The van der Waals surface area contributed by atoms with Gasteiger partial charge >= 0.3 is 6.11 Å². The van der Waals surface area contributed by atoms with E-state index in [1.54, 1.807) is 12.1 Å². The molecular weight excluding hydrogens is 552 g/mol. The van der Waals surface area contributed by atoms with Gasteiger partial charge in [0.1, 0.15) is 23.2 Å². The van der Waals surface area contributed by atoms with E-state index in [4.69, 9.17) is 0 Å². The molecule has 4 aromatic carbocycles. The maximum atomic E-state index is 14.9. The number of ether oxygens (including phenoxy) is 1. The third kappa shape index (κ3) is 7.07. The number of benzene rings is 4. The number of hydrogen-bond acceptors (Lipinski definition) is 1. The predicted molar refractivity (Wildman–Crippen MR) is 138 cm³/mol. The Balaban J connectivity index is 1.52. The number of hydrogen-bond donors (Lipinski definition) is 0. The molecular formula is C32H22F8O. The number of alkyl halides is 2. The zero-order chi connectivity index (χ0) is 29.7. The van der Waals surface area contributed by atoms with Crippen molar-refractivity contribution in [2.45, 2.75) is 38.7 Å². The molecule has 0 unspecified atom stereocenters. The minimum atomic E-state index is -4.40. The molecule has 41 heavy (non-hydrogen) atoms. The Labute approximate surface area is 231 Å². The third-order valence-electron chi connectivity index (χ3n) is 6.21. The molecule has 0 atom stereocenters. The molecule has 4 aromatic rings. The van der Waals surface area contributed by atoms with Crippen LogP contribution in [0, 0.1) is 46.7 Å². The molecule has 0 radical (unpaired) electrons. The van der Waals surface area contributed by atoms with Crippen LogP contribution in [-0.4, -0.2) is 0 Å². The smallest absolute Gasteiger partial charge is 0.429 e. The van der Waals surface area contributed by atoms with Gasteiger partial charge in [-0.1, -0.05) is 49.8 Å². The summed E-state index contributed by atoms with van der Waals surface area (Å²) in [6, 6.07) is 11.1. The van der Waals surface area contributed by atoms with Crippen molar-refractivity contribution in [1.82, 2.24) is 0 Å². The lowest BCUT2D eigenvalue weighted by molar-refractivity contribution is -0.187. The number of aryl methyl sites for hydroxylation is 1.